The average Bonchev–Trinajstić information content (AvgIpc) is 2.94. The highest BCUT2D eigenvalue weighted by atomic mass is 19.4. The number of rotatable bonds is 1. The zero-order valence-corrected chi connectivity index (χ0v) is 12.7. The maximum atomic E-state index is 12.9. The summed E-state index contributed by atoms with van der Waals surface area (Å²) in [7, 11) is 1.79. The van der Waals surface area contributed by atoms with Gasteiger partial charge in [-0.3, -0.25) is 9.67 Å². The van der Waals surface area contributed by atoms with Gasteiger partial charge >= 0.3 is 6.18 Å². The average molecular weight is 334 g/mol. The highest BCUT2D eigenvalue weighted by Crippen LogP contribution is 2.32. The zero-order chi connectivity index (χ0) is 16.9. The Kier molecular flexibility index (Phi) is 3.19. The molecule has 9 heteroatoms. The van der Waals surface area contributed by atoms with Crippen molar-refractivity contribution >= 4 is 16.9 Å². The molecule has 3 aromatic rings. The van der Waals surface area contributed by atoms with Gasteiger partial charge in [0.2, 0.25) is 0 Å². The first kappa shape index (κ1) is 14.9. The van der Waals surface area contributed by atoms with Crippen molar-refractivity contribution < 1.29 is 13.2 Å². The second-order valence-corrected chi connectivity index (χ2v) is 5.70. The largest absolute Gasteiger partial charge is 0.417 e. The van der Waals surface area contributed by atoms with Gasteiger partial charge in [0.1, 0.15) is 17.4 Å². The van der Waals surface area contributed by atoms with E-state index in [1.165, 1.54) is 12.4 Å². The Morgan fingerprint density at radius 1 is 1.12 bits per heavy atom. The highest BCUT2D eigenvalue weighted by Gasteiger charge is 2.32. The third-order valence-corrected chi connectivity index (χ3v) is 4.17. The molecule has 6 nitrogen and oxygen atoms in total. The number of hydrogen-bond donors (Lipinski definition) is 0. The van der Waals surface area contributed by atoms with Crippen LogP contribution in [-0.2, 0) is 26.2 Å². The molecule has 0 atom stereocenters. The first-order valence-corrected chi connectivity index (χ1v) is 7.36. The summed E-state index contributed by atoms with van der Waals surface area (Å²) >= 11 is 0. The third-order valence-electron chi connectivity index (χ3n) is 4.17. The highest BCUT2D eigenvalue weighted by molar-refractivity contribution is 5.85. The molecular weight excluding hydrogens is 321 g/mol. The maximum absolute atomic E-state index is 12.9. The van der Waals surface area contributed by atoms with E-state index in [4.69, 9.17) is 0 Å². The minimum atomic E-state index is -4.39. The standard InChI is InChI=1S/C15H13F3N6/c1-23-13-12(6-22-23)20-8-21-14(13)24-3-2-11-9(7-24)4-10(5-19-11)15(16,17)18/h4-6,8H,2-3,7H2,1H3. The van der Waals surface area contributed by atoms with E-state index in [9.17, 15) is 13.2 Å². The van der Waals surface area contributed by atoms with E-state index in [0.29, 0.717) is 42.1 Å². The van der Waals surface area contributed by atoms with Crippen LogP contribution >= 0.6 is 0 Å². The predicted molar refractivity (Wildman–Crippen MR) is 80.3 cm³/mol. The molecule has 1 aliphatic rings. The number of hydrogen-bond acceptors (Lipinski definition) is 5. The molecule has 0 unspecified atom stereocenters. The van der Waals surface area contributed by atoms with E-state index in [1.807, 2.05) is 4.90 Å². The topological polar surface area (TPSA) is 59.7 Å². The van der Waals surface area contributed by atoms with Crippen LogP contribution in [0.1, 0.15) is 16.8 Å². The molecule has 0 N–H and O–H groups in total. The molecule has 0 radical (unpaired) electrons. The molecule has 24 heavy (non-hydrogen) atoms. The van der Waals surface area contributed by atoms with Crippen LogP contribution in [-0.4, -0.2) is 31.3 Å². The van der Waals surface area contributed by atoms with Crippen LogP contribution in [0.3, 0.4) is 0 Å². The zero-order valence-electron chi connectivity index (χ0n) is 12.7. The summed E-state index contributed by atoms with van der Waals surface area (Å²) in [4.78, 5) is 14.4. The van der Waals surface area contributed by atoms with Gasteiger partial charge in [0.15, 0.2) is 5.82 Å². The molecule has 1 aliphatic heterocycles. The normalized spacial score (nSPS) is 14.9. The maximum Gasteiger partial charge on any atom is 0.417 e. The number of anilines is 1. The molecule has 0 amide bonds. The first-order valence-electron chi connectivity index (χ1n) is 7.36. The lowest BCUT2D eigenvalue weighted by Crippen LogP contribution is -2.32. The van der Waals surface area contributed by atoms with Crippen LogP contribution in [0, 0.1) is 0 Å². The van der Waals surface area contributed by atoms with E-state index in [0.717, 1.165) is 11.7 Å². The smallest absolute Gasteiger partial charge is 0.350 e. The molecule has 0 fully saturated rings. The number of nitrogens with zero attached hydrogens (tertiary/aromatic N) is 6. The van der Waals surface area contributed by atoms with Gasteiger partial charge in [-0.05, 0) is 11.6 Å². The summed E-state index contributed by atoms with van der Waals surface area (Å²) < 4.78 is 40.4. The third kappa shape index (κ3) is 2.36. The van der Waals surface area contributed by atoms with Crippen molar-refractivity contribution in [3.05, 3.63) is 41.6 Å². The van der Waals surface area contributed by atoms with Crippen LogP contribution < -0.4 is 4.90 Å². The lowest BCUT2D eigenvalue weighted by atomic mass is 10.0. The van der Waals surface area contributed by atoms with Crippen molar-refractivity contribution in [3.8, 4) is 0 Å². The van der Waals surface area contributed by atoms with Gasteiger partial charge in [-0.1, -0.05) is 0 Å². The van der Waals surface area contributed by atoms with E-state index in [2.05, 4.69) is 20.1 Å². The number of aryl methyl sites for hydroxylation is 1. The number of halogens is 3. The second kappa shape index (κ2) is 5.15. The van der Waals surface area contributed by atoms with Crippen molar-refractivity contribution in [3.63, 3.8) is 0 Å². The Labute approximate surface area is 135 Å². The Bertz CT molecular complexity index is 917. The fourth-order valence-corrected chi connectivity index (χ4v) is 2.98. The summed E-state index contributed by atoms with van der Waals surface area (Å²) in [6, 6.07) is 1.18. The quantitative estimate of drug-likeness (QED) is 0.684. The van der Waals surface area contributed by atoms with Gasteiger partial charge in [0.25, 0.3) is 0 Å². The minimum absolute atomic E-state index is 0.323. The number of fused-ring (bicyclic) bond motifs is 2. The Morgan fingerprint density at radius 2 is 1.96 bits per heavy atom. The van der Waals surface area contributed by atoms with Gasteiger partial charge in [-0.2, -0.15) is 18.3 Å². The summed E-state index contributed by atoms with van der Waals surface area (Å²) in [5, 5.41) is 4.17. The molecule has 4 heterocycles. The van der Waals surface area contributed by atoms with Crippen molar-refractivity contribution in [2.75, 3.05) is 11.4 Å². The van der Waals surface area contributed by atoms with Crippen molar-refractivity contribution in [2.24, 2.45) is 7.05 Å². The van der Waals surface area contributed by atoms with E-state index in [-0.39, 0.29) is 0 Å². The minimum Gasteiger partial charge on any atom is -0.350 e. The predicted octanol–water partition coefficient (Wildman–Crippen LogP) is 2.34. The van der Waals surface area contributed by atoms with E-state index < -0.39 is 11.7 Å². The van der Waals surface area contributed by atoms with Crippen LogP contribution in [0.15, 0.2) is 24.8 Å². The Morgan fingerprint density at radius 3 is 2.75 bits per heavy atom. The molecule has 0 spiro atoms. The Balaban J connectivity index is 1.74. The van der Waals surface area contributed by atoms with Crippen LogP contribution in [0.4, 0.5) is 19.0 Å². The molecule has 0 saturated heterocycles. The summed E-state index contributed by atoms with van der Waals surface area (Å²) in [5.74, 6) is 0.670. The van der Waals surface area contributed by atoms with Crippen molar-refractivity contribution in [1.29, 1.82) is 0 Å². The first-order chi connectivity index (χ1) is 11.4. The molecule has 3 aromatic heterocycles. The summed E-state index contributed by atoms with van der Waals surface area (Å²) in [6.45, 7) is 0.951. The molecule has 0 aliphatic carbocycles. The fraction of sp³-hybridized carbons (Fsp3) is 0.333. The Hall–Kier alpha value is -2.71. The molecule has 4 rings (SSSR count). The van der Waals surface area contributed by atoms with Gasteiger partial charge in [0, 0.05) is 38.4 Å². The molecule has 0 saturated carbocycles. The number of alkyl halides is 3. The van der Waals surface area contributed by atoms with Gasteiger partial charge in [0.05, 0.1) is 11.8 Å². The fourth-order valence-electron chi connectivity index (χ4n) is 2.98. The van der Waals surface area contributed by atoms with Crippen molar-refractivity contribution in [2.45, 2.75) is 19.1 Å². The summed E-state index contributed by atoms with van der Waals surface area (Å²) in [6.07, 6.45) is 0.158. The molecule has 0 bridgehead atoms. The van der Waals surface area contributed by atoms with Crippen LogP contribution in [0.25, 0.3) is 11.0 Å². The lowest BCUT2D eigenvalue weighted by Gasteiger charge is -2.29. The summed E-state index contributed by atoms with van der Waals surface area (Å²) in [5.41, 5.74) is 2.02. The number of aromatic nitrogens is 5. The monoisotopic (exact) mass is 334 g/mol. The van der Waals surface area contributed by atoms with Gasteiger partial charge in [-0.25, -0.2) is 9.97 Å². The SMILES string of the molecule is Cn1ncc2ncnc(N3CCc4ncc(C(F)(F)F)cc4C3)c21. The van der Waals surface area contributed by atoms with E-state index in [1.54, 1.807) is 17.9 Å². The van der Waals surface area contributed by atoms with Crippen LogP contribution in [0.5, 0.6) is 0 Å². The number of pyridine rings is 1. The van der Waals surface area contributed by atoms with E-state index >= 15 is 0 Å². The molecule has 124 valence electrons. The second-order valence-electron chi connectivity index (χ2n) is 5.70. The van der Waals surface area contributed by atoms with Crippen molar-refractivity contribution in [1.82, 2.24) is 24.7 Å². The molecule has 0 aromatic carbocycles. The molecular formula is C15H13F3N6. The van der Waals surface area contributed by atoms with Crippen LogP contribution in [0.2, 0.25) is 0 Å². The van der Waals surface area contributed by atoms with Gasteiger partial charge < -0.3 is 4.90 Å². The van der Waals surface area contributed by atoms with Gasteiger partial charge in [-0.15, -0.1) is 0 Å². The lowest BCUT2D eigenvalue weighted by molar-refractivity contribution is -0.137.